The van der Waals surface area contributed by atoms with E-state index in [2.05, 4.69) is 20.6 Å². The number of rotatable bonds is 6. The molecule has 0 bridgehead atoms. The molecule has 0 spiro atoms. The maximum Gasteiger partial charge on any atom is 0.274 e. The number of nitrogens with one attached hydrogen (secondary N) is 3. The van der Waals surface area contributed by atoms with Gasteiger partial charge in [0.1, 0.15) is 11.8 Å². The lowest BCUT2D eigenvalue weighted by atomic mass is 10.0. The molecule has 168 valence electrons. The van der Waals surface area contributed by atoms with Gasteiger partial charge < -0.3 is 25.7 Å². The Hall–Kier alpha value is -4.44. The molecule has 0 radical (unpaired) electrons. The number of fused-ring (bicyclic) bond motifs is 1. The number of aliphatic hydroxyl groups excluding tert-OH is 1. The van der Waals surface area contributed by atoms with Crippen molar-refractivity contribution in [2.24, 2.45) is 7.05 Å². The summed E-state index contributed by atoms with van der Waals surface area (Å²) in [7, 11) is 1.70. The third-order valence-electron chi connectivity index (χ3n) is 5.15. The van der Waals surface area contributed by atoms with Crippen molar-refractivity contribution in [3.8, 4) is 0 Å². The normalized spacial score (nSPS) is 11.8. The lowest BCUT2D eigenvalue weighted by Gasteiger charge is -2.14. The van der Waals surface area contributed by atoms with Gasteiger partial charge in [0.15, 0.2) is 5.95 Å². The average molecular weight is 446 g/mol. The van der Waals surface area contributed by atoms with Crippen LogP contribution in [0.5, 0.6) is 0 Å². The lowest BCUT2D eigenvalue weighted by Crippen LogP contribution is -2.34. The number of imide groups is 1. The molecule has 6 N–H and O–H groups in total. The number of amides is 3. The molecule has 10 heteroatoms. The van der Waals surface area contributed by atoms with Crippen LogP contribution in [0.2, 0.25) is 0 Å². The first-order chi connectivity index (χ1) is 15.8. The Labute approximate surface area is 188 Å². The minimum atomic E-state index is -1.43. The summed E-state index contributed by atoms with van der Waals surface area (Å²) in [5, 5.41) is 15.4. The van der Waals surface area contributed by atoms with E-state index in [0.29, 0.717) is 28.0 Å². The van der Waals surface area contributed by atoms with E-state index in [1.807, 2.05) is 0 Å². The van der Waals surface area contributed by atoms with Crippen LogP contribution in [-0.4, -0.2) is 43.5 Å². The van der Waals surface area contributed by atoms with Gasteiger partial charge in [0, 0.05) is 30.9 Å². The van der Waals surface area contributed by atoms with Crippen LogP contribution >= 0.6 is 0 Å². The number of aromatic amines is 1. The highest BCUT2D eigenvalue weighted by molar-refractivity contribution is 6.10. The smallest absolute Gasteiger partial charge is 0.274 e. The van der Waals surface area contributed by atoms with Gasteiger partial charge >= 0.3 is 0 Å². The number of carbonyl (C=O) groups excluding carboxylic acids is 3. The summed E-state index contributed by atoms with van der Waals surface area (Å²) in [5.41, 5.74) is 8.33. The molecule has 4 rings (SSSR count). The van der Waals surface area contributed by atoms with Gasteiger partial charge in [0.2, 0.25) is 0 Å². The van der Waals surface area contributed by atoms with Crippen LogP contribution in [0, 0.1) is 0 Å². The van der Waals surface area contributed by atoms with Gasteiger partial charge in [-0.3, -0.25) is 19.7 Å². The number of nitrogens with zero attached hydrogens (tertiary/aromatic N) is 2. The number of carbonyl (C=O) groups is 3. The molecule has 2 aromatic heterocycles. The summed E-state index contributed by atoms with van der Waals surface area (Å²) in [4.78, 5) is 44.6. The summed E-state index contributed by atoms with van der Waals surface area (Å²) < 4.78 is 1.59. The third-order valence-corrected chi connectivity index (χ3v) is 5.15. The summed E-state index contributed by atoms with van der Waals surface area (Å²) in [6.07, 6.45) is 0.152. The van der Waals surface area contributed by atoms with Gasteiger partial charge in [-0.25, -0.2) is 4.98 Å². The van der Waals surface area contributed by atoms with Gasteiger partial charge in [-0.2, -0.15) is 0 Å². The molecule has 0 aliphatic heterocycles. The van der Waals surface area contributed by atoms with Crippen LogP contribution < -0.4 is 16.4 Å². The number of aliphatic hydroxyl groups is 1. The van der Waals surface area contributed by atoms with E-state index in [9.17, 15) is 19.5 Å². The van der Waals surface area contributed by atoms with Gasteiger partial charge in [0.25, 0.3) is 17.7 Å². The fraction of sp³-hybridized carbons (Fsp3) is 0.130. The van der Waals surface area contributed by atoms with Crippen molar-refractivity contribution in [2.45, 2.75) is 12.5 Å². The van der Waals surface area contributed by atoms with Crippen molar-refractivity contribution >= 4 is 40.4 Å². The highest BCUT2D eigenvalue weighted by Gasteiger charge is 2.21. The van der Waals surface area contributed by atoms with E-state index in [4.69, 9.17) is 5.73 Å². The Morgan fingerprint density at radius 3 is 2.67 bits per heavy atom. The molecule has 4 aromatic rings. The maximum atomic E-state index is 12.7. The second-order valence-electron chi connectivity index (χ2n) is 7.51. The molecule has 2 aromatic carbocycles. The standard InChI is InChI=1S/C23H22N6O4/c1-29-10-4-7-18(29)21(32)28-20(31)15-6-3-2-5-13(15)11-19(30)22(33)25-14-8-9-16-17(12-14)27-23(24)26-16/h2-10,12,19,30H,11H2,1H3,(H,25,33)(H3,24,26,27)(H,28,31,32). The van der Waals surface area contributed by atoms with Crippen LogP contribution in [0.1, 0.15) is 26.4 Å². The van der Waals surface area contributed by atoms with Crippen molar-refractivity contribution < 1.29 is 19.5 Å². The number of nitrogen functional groups attached to an aromatic ring is 1. The first-order valence-corrected chi connectivity index (χ1v) is 10.1. The number of aryl methyl sites for hydroxylation is 1. The second kappa shape index (κ2) is 8.97. The van der Waals surface area contributed by atoms with E-state index in [-0.39, 0.29) is 17.9 Å². The Balaban J connectivity index is 1.44. The second-order valence-corrected chi connectivity index (χ2v) is 7.51. The molecule has 1 unspecified atom stereocenters. The van der Waals surface area contributed by atoms with Crippen molar-refractivity contribution in [3.05, 3.63) is 77.6 Å². The number of hydrogen-bond acceptors (Lipinski definition) is 6. The predicted molar refractivity (Wildman–Crippen MR) is 122 cm³/mol. The zero-order valence-electron chi connectivity index (χ0n) is 17.7. The molecule has 0 aliphatic carbocycles. The minimum absolute atomic E-state index is 0.118. The first kappa shape index (κ1) is 21.8. The molecule has 0 fully saturated rings. The number of H-pyrrole nitrogens is 1. The van der Waals surface area contributed by atoms with Gasteiger partial charge in [-0.05, 0) is 42.0 Å². The van der Waals surface area contributed by atoms with E-state index in [1.165, 1.54) is 6.07 Å². The lowest BCUT2D eigenvalue weighted by molar-refractivity contribution is -0.123. The van der Waals surface area contributed by atoms with Crippen molar-refractivity contribution in [1.29, 1.82) is 0 Å². The van der Waals surface area contributed by atoms with Crippen LogP contribution in [-0.2, 0) is 18.3 Å². The van der Waals surface area contributed by atoms with Crippen LogP contribution in [0.4, 0.5) is 11.6 Å². The third kappa shape index (κ3) is 4.75. The fourth-order valence-corrected chi connectivity index (χ4v) is 3.48. The molecule has 0 saturated heterocycles. The van der Waals surface area contributed by atoms with Gasteiger partial charge in [0.05, 0.1) is 11.0 Å². The predicted octanol–water partition coefficient (Wildman–Crippen LogP) is 1.60. The van der Waals surface area contributed by atoms with Crippen molar-refractivity contribution in [2.75, 3.05) is 11.1 Å². The minimum Gasteiger partial charge on any atom is -0.383 e. The molecule has 1 atom stereocenters. The number of nitrogens with two attached hydrogens (primary N) is 1. The van der Waals surface area contributed by atoms with E-state index < -0.39 is 23.8 Å². The molecule has 0 aliphatic rings. The summed E-state index contributed by atoms with van der Waals surface area (Å²) in [6.45, 7) is 0. The summed E-state index contributed by atoms with van der Waals surface area (Å²) in [6, 6.07) is 14.8. The molecule has 10 nitrogen and oxygen atoms in total. The van der Waals surface area contributed by atoms with Crippen LogP contribution in [0.15, 0.2) is 60.8 Å². The van der Waals surface area contributed by atoms with Crippen molar-refractivity contribution in [3.63, 3.8) is 0 Å². The maximum absolute atomic E-state index is 12.7. The highest BCUT2D eigenvalue weighted by atomic mass is 16.3. The molecule has 33 heavy (non-hydrogen) atoms. The number of hydrogen-bond donors (Lipinski definition) is 5. The zero-order valence-corrected chi connectivity index (χ0v) is 17.7. The van der Waals surface area contributed by atoms with Gasteiger partial charge in [-0.1, -0.05) is 18.2 Å². The topological polar surface area (TPSA) is 155 Å². The summed E-state index contributed by atoms with van der Waals surface area (Å²) >= 11 is 0. The quantitative estimate of drug-likeness (QED) is 0.283. The van der Waals surface area contributed by atoms with E-state index in [0.717, 1.165) is 0 Å². The number of imidazole rings is 1. The zero-order chi connectivity index (χ0) is 23.5. The van der Waals surface area contributed by atoms with Gasteiger partial charge in [-0.15, -0.1) is 0 Å². The molecule has 0 saturated carbocycles. The monoisotopic (exact) mass is 446 g/mol. The number of benzene rings is 2. The molecular formula is C23H22N6O4. The average Bonchev–Trinajstić information content (AvgIpc) is 3.37. The highest BCUT2D eigenvalue weighted by Crippen LogP contribution is 2.19. The Morgan fingerprint density at radius 1 is 1.12 bits per heavy atom. The molecular weight excluding hydrogens is 424 g/mol. The van der Waals surface area contributed by atoms with E-state index in [1.54, 1.807) is 66.3 Å². The number of aromatic nitrogens is 3. The molecule has 3 amide bonds. The van der Waals surface area contributed by atoms with E-state index >= 15 is 0 Å². The molecule has 2 heterocycles. The Morgan fingerprint density at radius 2 is 1.91 bits per heavy atom. The summed E-state index contributed by atoms with van der Waals surface area (Å²) in [5.74, 6) is -1.55. The first-order valence-electron chi connectivity index (χ1n) is 10.1. The Bertz CT molecular complexity index is 1360. The van der Waals surface area contributed by atoms with Crippen LogP contribution in [0.25, 0.3) is 11.0 Å². The number of anilines is 2. The fourth-order valence-electron chi connectivity index (χ4n) is 3.48. The van der Waals surface area contributed by atoms with Crippen LogP contribution in [0.3, 0.4) is 0 Å². The Kier molecular flexibility index (Phi) is 5.92. The SMILES string of the molecule is Cn1cccc1C(=O)NC(=O)c1ccccc1CC(O)C(=O)Nc1ccc2nc(N)[nH]c2c1. The van der Waals surface area contributed by atoms with Crippen molar-refractivity contribution in [1.82, 2.24) is 19.9 Å². The largest absolute Gasteiger partial charge is 0.383 e.